The Balaban J connectivity index is 1.62. The first kappa shape index (κ1) is 15.1. The van der Waals surface area contributed by atoms with E-state index in [9.17, 15) is 4.79 Å². The van der Waals surface area contributed by atoms with E-state index in [0.717, 1.165) is 36.7 Å². The predicted octanol–water partition coefficient (Wildman–Crippen LogP) is 2.69. The van der Waals surface area contributed by atoms with Gasteiger partial charge >= 0.3 is 0 Å². The number of thioether (sulfide) groups is 1. The zero-order valence-electron chi connectivity index (χ0n) is 12.6. The highest BCUT2D eigenvalue weighted by molar-refractivity contribution is 8.00. The third-order valence-electron chi connectivity index (χ3n) is 3.99. The summed E-state index contributed by atoms with van der Waals surface area (Å²) >= 11 is 1.66. The van der Waals surface area contributed by atoms with Crippen molar-refractivity contribution >= 4 is 17.7 Å². The number of aromatic nitrogens is 3. The molecule has 1 aliphatic heterocycles. The number of H-pyrrole nitrogens is 1. The molecule has 2 heterocycles. The van der Waals surface area contributed by atoms with Crippen LogP contribution in [0.4, 0.5) is 0 Å². The van der Waals surface area contributed by atoms with Crippen molar-refractivity contribution in [2.45, 2.75) is 35.8 Å². The average Bonchev–Trinajstić information content (AvgIpc) is 3.23. The summed E-state index contributed by atoms with van der Waals surface area (Å²) < 4.78 is 0. The van der Waals surface area contributed by atoms with Crippen LogP contribution in [0.25, 0.3) is 0 Å². The molecule has 116 valence electrons. The van der Waals surface area contributed by atoms with Crippen LogP contribution in [0.2, 0.25) is 0 Å². The summed E-state index contributed by atoms with van der Waals surface area (Å²) in [5, 5.41) is 6.80. The van der Waals surface area contributed by atoms with Gasteiger partial charge in [-0.15, -0.1) is 11.8 Å². The number of carbonyl (C=O) groups excluding carboxylic acids is 1. The topological polar surface area (TPSA) is 61.9 Å². The number of rotatable bonds is 5. The molecule has 1 aliphatic rings. The second-order valence-electron chi connectivity index (χ2n) is 5.47. The number of aromatic amines is 1. The molecule has 0 spiro atoms. The van der Waals surface area contributed by atoms with E-state index in [1.807, 2.05) is 23.1 Å². The van der Waals surface area contributed by atoms with Crippen LogP contribution in [-0.4, -0.2) is 44.3 Å². The average molecular weight is 316 g/mol. The molecule has 1 N–H and O–H groups in total. The SMILES string of the molecule is CC[C@H](Sc1ccccc1)C(=O)N1CC[C@H](c2ncn[nH]2)C1. The van der Waals surface area contributed by atoms with E-state index >= 15 is 0 Å². The van der Waals surface area contributed by atoms with Crippen LogP contribution in [0.5, 0.6) is 0 Å². The Morgan fingerprint density at radius 1 is 1.45 bits per heavy atom. The fraction of sp³-hybridized carbons (Fsp3) is 0.438. The normalized spacial score (nSPS) is 19.3. The minimum absolute atomic E-state index is 0.0177. The van der Waals surface area contributed by atoms with Gasteiger partial charge in [0, 0.05) is 23.9 Å². The van der Waals surface area contributed by atoms with Crippen molar-refractivity contribution in [2.75, 3.05) is 13.1 Å². The molecule has 0 aliphatic carbocycles. The van der Waals surface area contributed by atoms with E-state index in [1.165, 1.54) is 6.33 Å². The van der Waals surface area contributed by atoms with Crippen molar-refractivity contribution in [1.29, 1.82) is 0 Å². The molecule has 0 unspecified atom stereocenters. The van der Waals surface area contributed by atoms with Gasteiger partial charge in [-0.1, -0.05) is 25.1 Å². The first-order valence-electron chi connectivity index (χ1n) is 7.63. The Morgan fingerprint density at radius 2 is 2.27 bits per heavy atom. The van der Waals surface area contributed by atoms with Gasteiger partial charge in [-0.25, -0.2) is 4.98 Å². The summed E-state index contributed by atoms with van der Waals surface area (Å²) in [5.74, 6) is 1.41. The van der Waals surface area contributed by atoms with Gasteiger partial charge in [-0.05, 0) is 25.0 Å². The summed E-state index contributed by atoms with van der Waals surface area (Å²) in [6.45, 7) is 3.61. The number of nitrogens with zero attached hydrogens (tertiary/aromatic N) is 3. The third kappa shape index (κ3) is 3.32. The molecule has 2 atom stereocenters. The van der Waals surface area contributed by atoms with Crippen LogP contribution in [0, 0.1) is 0 Å². The molecule has 1 amide bonds. The van der Waals surface area contributed by atoms with Crippen LogP contribution in [0.15, 0.2) is 41.6 Å². The lowest BCUT2D eigenvalue weighted by Gasteiger charge is -2.22. The smallest absolute Gasteiger partial charge is 0.236 e. The maximum absolute atomic E-state index is 12.8. The highest BCUT2D eigenvalue weighted by Crippen LogP contribution is 2.30. The van der Waals surface area contributed by atoms with Crippen LogP contribution in [-0.2, 0) is 4.79 Å². The summed E-state index contributed by atoms with van der Waals surface area (Å²) in [4.78, 5) is 20.1. The van der Waals surface area contributed by atoms with E-state index in [-0.39, 0.29) is 17.1 Å². The van der Waals surface area contributed by atoms with Crippen molar-refractivity contribution in [3.8, 4) is 0 Å². The quantitative estimate of drug-likeness (QED) is 0.862. The van der Waals surface area contributed by atoms with Gasteiger partial charge in [0.1, 0.15) is 12.2 Å². The van der Waals surface area contributed by atoms with Crippen molar-refractivity contribution in [2.24, 2.45) is 0 Å². The largest absolute Gasteiger partial charge is 0.341 e. The lowest BCUT2D eigenvalue weighted by atomic mass is 10.1. The number of carbonyl (C=O) groups is 1. The molecular weight excluding hydrogens is 296 g/mol. The van der Waals surface area contributed by atoms with Crippen molar-refractivity contribution in [3.63, 3.8) is 0 Å². The Labute approximate surface area is 134 Å². The van der Waals surface area contributed by atoms with Gasteiger partial charge in [-0.2, -0.15) is 5.10 Å². The highest BCUT2D eigenvalue weighted by Gasteiger charge is 2.32. The second-order valence-corrected chi connectivity index (χ2v) is 6.74. The zero-order valence-corrected chi connectivity index (χ0v) is 13.4. The maximum atomic E-state index is 12.8. The maximum Gasteiger partial charge on any atom is 0.236 e. The Kier molecular flexibility index (Phi) is 4.77. The number of amides is 1. The number of hydrogen-bond acceptors (Lipinski definition) is 4. The van der Waals surface area contributed by atoms with Gasteiger partial charge in [0.25, 0.3) is 0 Å². The summed E-state index contributed by atoms with van der Waals surface area (Å²) in [7, 11) is 0. The Bertz CT molecular complexity index is 602. The van der Waals surface area contributed by atoms with Crippen LogP contribution in [0.3, 0.4) is 0 Å². The van der Waals surface area contributed by atoms with E-state index in [0.29, 0.717) is 0 Å². The highest BCUT2D eigenvalue weighted by atomic mass is 32.2. The predicted molar refractivity (Wildman–Crippen MR) is 86.7 cm³/mol. The fourth-order valence-corrected chi connectivity index (χ4v) is 3.83. The molecule has 0 radical (unpaired) electrons. The molecule has 3 rings (SSSR count). The molecule has 1 saturated heterocycles. The Hall–Kier alpha value is -1.82. The molecule has 5 nitrogen and oxygen atoms in total. The third-order valence-corrected chi connectivity index (χ3v) is 5.35. The number of likely N-dealkylation sites (tertiary alicyclic amines) is 1. The van der Waals surface area contributed by atoms with E-state index in [1.54, 1.807) is 11.8 Å². The molecule has 2 aromatic rings. The van der Waals surface area contributed by atoms with Crippen LogP contribution >= 0.6 is 11.8 Å². The lowest BCUT2D eigenvalue weighted by Crippen LogP contribution is -2.35. The molecule has 1 aromatic heterocycles. The minimum Gasteiger partial charge on any atom is -0.341 e. The van der Waals surface area contributed by atoms with Crippen molar-refractivity contribution in [1.82, 2.24) is 20.1 Å². The molecule has 0 bridgehead atoms. The summed E-state index contributed by atoms with van der Waals surface area (Å²) in [6, 6.07) is 10.1. The summed E-state index contributed by atoms with van der Waals surface area (Å²) in [6.07, 6.45) is 3.31. The molecule has 1 aromatic carbocycles. The molecule has 0 saturated carbocycles. The van der Waals surface area contributed by atoms with Gasteiger partial charge < -0.3 is 4.90 Å². The fourth-order valence-electron chi connectivity index (χ4n) is 2.77. The van der Waals surface area contributed by atoms with E-state index in [4.69, 9.17) is 0 Å². The lowest BCUT2D eigenvalue weighted by molar-refractivity contribution is -0.129. The van der Waals surface area contributed by atoms with E-state index in [2.05, 4.69) is 34.2 Å². The van der Waals surface area contributed by atoms with Crippen LogP contribution < -0.4 is 0 Å². The molecule has 22 heavy (non-hydrogen) atoms. The van der Waals surface area contributed by atoms with Gasteiger partial charge in [-0.3, -0.25) is 9.89 Å². The van der Waals surface area contributed by atoms with Crippen LogP contribution in [0.1, 0.15) is 31.5 Å². The van der Waals surface area contributed by atoms with Crippen molar-refractivity contribution < 1.29 is 4.79 Å². The first-order valence-corrected chi connectivity index (χ1v) is 8.51. The minimum atomic E-state index is -0.0177. The summed E-state index contributed by atoms with van der Waals surface area (Å²) in [5.41, 5.74) is 0. The van der Waals surface area contributed by atoms with Gasteiger partial charge in [0.2, 0.25) is 5.91 Å². The standard InChI is InChI=1S/C16H20N4OS/c1-2-14(22-13-6-4-3-5-7-13)16(21)20-9-8-12(10-20)15-17-11-18-19-15/h3-7,11-12,14H,2,8-10H2,1H3,(H,17,18,19)/t12-,14-/m0/s1. The zero-order chi connectivity index (χ0) is 15.4. The van der Waals surface area contributed by atoms with Gasteiger partial charge in [0.15, 0.2) is 0 Å². The molecule has 6 heteroatoms. The Morgan fingerprint density at radius 3 is 2.95 bits per heavy atom. The second kappa shape index (κ2) is 6.96. The molecular formula is C16H20N4OS. The first-order chi connectivity index (χ1) is 10.8. The van der Waals surface area contributed by atoms with Gasteiger partial charge in [0.05, 0.1) is 5.25 Å². The van der Waals surface area contributed by atoms with Crippen molar-refractivity contribution in [3.05, 3.63) is 42.5 Å². The number of benzene rings is 1. The number of nitrogens with one attached hydrogen (secondary N) is 1. The monoisotopic (exact) mass is 316 g/mol. The number of hydrogen-bond donors (Lipinski definition) is 1. The van der Waals surface area contributed by atoms with E-state index < -0.39 is 0 Å². The molecule has 1 fully saturated rings.